The number of nitrogens with one attached hydrogen (secondary N) is 1. The molecule has 96 valence electrons. The van der Waals surface area contributed by atoms with E-state index in [0.717, 1.165) is 6.42 Å². The summed E-state index contributed by atoms with van der Waals surface area (Å²) in [6.07, 6.45) is 2.36. The normalized spacial score (nSPS) is 12.6. The van der Waals surface area contributed by atoms with Crippen LogP contribution in [0.5, 0.6) is 0 Å². The van der Waals surface area contributed by atoms with Crippen LogP contribution < -0.4 is 5.32 Å². The highest BCUT2D eigenvalue weighted by Crippen LogP contribution is 2.29. The largest absolute Gasteiger partial charge is 0.309 e. The first kappa shape index (κ1) is 13.8. The van der Waals surface area contributed by atoms with Crippen molar-refractivity contribution in [2.75, 3.05) is 7.05 Å². The molecule has 1 N–H and O–H groups in total. The maximum atomic E-state index is 3.53. The number of rotatable bonds is 5. The lowest BCUT2D eigenvalue weighted by molar-refractivity contribution is 0.693. The fraction of sp³-hybridized carbons (Fsp3) is 0.333. The summed E-state index contributed by atoms with van der Waals surface area (Å²) >= 11 is 5.26. The van der Waals surface area contributed by atoms with E-state index in [1.54, 1.807) is 11.3 Å². The van der Waals surface area contributed by atoms with Crippen molar-refractivity contribution in [2.24, 2.45) is 0 Å². The molecule has 18 heavy (non-hydrogen) atoms. The van der Waals surface area contributed by atoms with Gasteiger partial charge in [0, 0.05) is 0 Å². The molecule has 0 amide bonds. The fourth-order valence-corrected chi connectivity index (χ4v) is 3.37. The molecule has 0 saturated carbocycles. The summed E-state index contributed by atoms with van der Waals surface area (Å²) in [6.45, 7) is 2.22. The Bertz CT molecular complexity index is 489. The molecular weight excluding hydrogens is 306 g/mol. The van der Waals surface area contributed by atoms with Gasteiger partial charge in [-0.25, -0.2) is 0 Å². The second-order valence-corrected chi connectivity index (χ2v) is 6.69. The summed E-state index contributed by atoms with van der Waals surface area (Å²) in [5.74, 6) is 0. The molecular formula is C15H18BrNS. The number of hydrogen-bond donors (Lipinski definition) is 1. The maximum absolute atomic E-state index is 3.53. The molecule has 1 nitrogen and oxygen atoms in total. The number of hydrogen-bond acceptors (Lipinski definition) is 2. The SMILES string of the molecule is CCCc1ccc(C(NC)c2csc(Br)c2)cc1. The highest BCUT2D eigenvalue weighted by Gasteiger charge is 2.13. The van der Waals surface area contributed by atoms with Gasteiger partial charge in [-0.1, -0.05) is 37.6 Å². The first-order valence-corrected chi connectivity index (χ1v) is 7.92. The summed E-state index contributed by atoms with van der Waals surface area (Å²) in [7, 11) is 2.01. The standard InChI is InChI=1S/C15H18BrNS/c1-3-4-11-5-7-12(8-6-11)15(17-2)13-9-14(16)18-10-13/h5-10,15,17H,3-4H2,1-2H3. The van der Waals surface area contributed by atoms with Crippen LogP contribution in [0.1, 0.15) is 36.1 Å². The fourth-order valence-electron chi connectivity index (χ4n) is 2.17. The molecule has 1 atom stereocenters. The van der Waals surface area contributed by atoms with E-state index in [4.69, 9.17) is 0 Å². The van der Waals surface area contributed by atoms with Gasteiger partial charge in [-0.05, 0) is 57.5 Å². The lowest BCUT2D eigenvalue weighted by atomic mass is 9.99. The molecule has 0 aliphatic heterocycles. The molecule has 0 fully saturated rings. The van der Waals surface area contributed by atoms with Gasteiger partial charge >= 0.3 is 0 Å². The summed E-state index contributed by atoms with van der Waals surface area (Å²) < 4.78 is 1.18. The minimum Gasteiger partial charge on any atom is -0.309 e. The highest BCUT2D eigenvalue weighted by molar-refractivity contribution is 9.11. The van der Waals surface area contributed by atoms with Crippen LogP contribution in [0.25, 0.3) is 0 Å². The van der Waals surface area contributed by atoms with E-state index in [9.17, 15) is 0 Å². The molecule has 0 bridgehead atoms. The van der Waals surface area contributed by atoms with Crippen LogP contribution in [-0.4, -0.2) is 7.05 Å². The first-order valence-electron chi connectivity index (χ1n) is 6.24. The Labute approximate surface area is 121 Å². The Balaban J connectivity index is 2.22. The monoisotopic (exact) mass is 323 g/mol. The third-order valence-electron chi connectivity index (χ3n) is 3.06. The molecule has 0 saturated heterocycles. The minimum atomic E-state index is 0.281. The molecule has 1 heterocycles. The smallest absolute Gasteiger partial charge is 0.0701 e. The average molecular weight is 324 g/mol. The third-order valence-corrected chi connectivity index (χ3v) is 4.58. The third kappa shape index (κ3) is 3.22. The van der Waals surface area contributed by atoms with E-state index in [2.05, 4.69) is 63.9 Å². The van der Waals surface area contributed by atoms with Gasteiger partial charge < -0.3 is 5.32 Å². The van der Waals surface area contributed by atoms with Crippen molar-refractivity contribution in [1.82, 2.24) is 5.32 Å². The molecule has 2 aromatic rings. The van der Waals surface area contributed by atoms with Crippen LogP contribution in [0, 0.1) is 0 Å². The number of halogens is 1. The van der Waals surface area contributed by atoms with Gasteiger partial charge in [-0.2, -0.15) is 0 Å². The first-order chi connectivity index (χ1) is 8.74. The van der Waals surface area contributed by atoms with Crippen LogP contribution in [0.4, 0.5) is 0 Å². The van der Waals surface area contributed by atoms with Gasteiger partial charge in [-0.3, -0.25) is 0 Å². The molecule has 0 aliphatic rings. The van der Waals surface area contributed by atoms with E-state index < -0.39 is 0 Å². The van der Waals surface area contributed by atoms with Crippen LogP contribution in [0.2, 0.25) is 0 Å². The van der Waals surface area contributed by atoms with Crippen molar-refractivity contribution < 1.29 is 0 Å². The summed E-state index contributed by atoms with van der Waals surface area (Å²) in [5, 5.41) is 5.58. The highest BCUT2D eigenvalue weighted by atomic mass is 79.9. The number of benzene rings is 1. The van der Waals surface area contributed by atoms with Crippen molar-refractivity contribution in [3.63, 3.8) is 0 Å². The Morgan fingerprint density at radius 1 is 1.22 bits per heavy atom. The molecule has 2 rings (SSSR count). The second-order valence-electron chi connectivity index (χ2n) is 4.40. The van der Waals surface area contributed by atoms with E-state index in [1.165, 1.54) is 26.9 Å². The van der Waals surface area contributed by atoms with Gasteiger partial charge in [-0.15, -0.1) is 11.3 Å². The average Bonchev–Trinajstić information content (AvgIpc) is 2.79. The Morgan fingerprint density at radius 2 is 1.94 bits per heavy atom. The van der Waals surface area contributed by atoms with Crippen molar-refractivity contribution in [1.29, 1.82) is 0 Å². The van der Waals surface area contributed by atoms with Crippen molar-refractivity contribution in [3.05, 3.63) is 56.2 Å². The number of thiophene rings is 1. The van der Waals surface area contributed by atoms with Gasteiger partial charge in [0.15, 0.2) is 0 Å². The van der Waals surface area contributed by atoms with Crippen LogP contribution >= 0.6 is 27.3 Å². The van der Waals surface area contributed by atoms with Crippen LogP contribution in [-0.2, 0) is 6.42 Å². The minimum absolute atomic E-state index is 0.281. The quantitative estimate of drug-likeness (QED) is 0.835. The maximum Gasteiger partial charge on any atom is 0.0701 e. The van der Waals surface area contributed by atoms with Crippen LogP contribution in [0.15, 0.2) is 39.5 Å². The lowest BCUT2D eigenvalue weighted by Gasteiger charge is -2.16. The summed E-state index contributed by atoms with van der Waals surface area (Å²) in [4.78, 5) is 0. The van der Waals surface area contributed by atoms with Gasteiger partial charge in [0.1, 0.15) is 0 Å². The summed E-state index contributed by atoms with van der Waals surface area (Å²) in [5.41, 5.74) is 4.06. The van der Waals surface area contributed by atoms with Crippen molar-refractivity contribution in [2.45, 2.75) is 25.8 Å². The van der Waals surface area contributed by atoms with E-state index in [1.807, 2.05) is 7.05 Å². The van der Waals surface area contributed by atoms with E-state index in [-0.39, 0.29) is 6.04 Å². The van der Waals surface area contributed by atoms with E-state index in [0.29, 0.717) is 0 Å². The van der Waals surface area contributed by atoms with Gasteiger partial charge in [0.05, 0.1) is 9.83 Å². The molecule has 0 spiro atoms. The molecule has 3 heteroatoms. The van der Waals surface area contributed by atoms with Crippen LogP contribution in [0.3, 0.4) is 0 Å². The Morgan fingerprint density at radius 3 is 2.44 bits per heavy atom. The van der Waals surface area contributed by atoms with Crippen molar-refractivity contribution >= 4 is 27.3 Å². The zero-order valence-corrected chi connectivity index (χ0v) is 13.1. The Hall–Kier alpha value is -0.640. The summed E-state index contributed by atoms with van der Waals surface area (Å²) in [6, 6.07) is 11.4. The predicted octanol–water partition coefficient (Wildman–Crippen LogP) is 4.77. The van der Waals surface area contributed by atoms with Gasteiger partial charge in [0.25, 0.3) is 0 Å². The zero-order chi connectivity index (χ0) is 13.0. The zero-order valence-electron chi connectivity index (χ0n) is 10.7. The molecule has 0 radical (unpaired) electrons. The second kappa shape index (κ2) is 6.50. The molecule has 1 aromatic carbocycles. The molecule has 1 aromatic heterocycles. The number of aryl methyl sites for hydroxylation is 1. The van der Waals surface area contributed by atoms with Crippen molar-refractivity contribution in [3.8, 4) is 0 Å². The molecule has 1 unspecified atom stereocenters. The van der Waals surface area contributed by atoms with E-state index >= 15 is 0 Å². The molecule has 0 aliphatic carbocycles. The lowest BCUT2D eigenvalue weighted by Crippen LogP contribution is -2.16. The van der Waals surface area contributed by atoms with Gasteiger partial charge in [0.2, 0.25) is 0 Å². The topological polar surface area (TPSA) is 12.0 Å². The Kier molecular flexibility index (Phi) is 4.98. The predicted molar refractivity (Wildman–Crippen MR) is 83.4 cm³/mol.